The second-order valence-electron chi connectivity index (χ2n) is 13.0. The third-order valence-electron chi connectivity index (χ3n) is 7.82. The van der Waals surface area contributed by atoms with Gasteiger partial charge in [0.25, 0.3) is 0 Å². The summed E-state index contributed by atoms with van der Waals surface area (Å²) in [6, 6.07) is -6.35. The number of carbonyl (C=O) groups is 7. The normalized spacial score (nSPS) is 17.7. The first-order valence-corrected chi connectivity index (χ1v) is 16.4. The molecule has 268 valence electrons. The third kappa shape index (κ3) is 14.7. The molecule has 0 spiro atoms. The van der Waals surface area contributed by atoms with Gasteiger partial charge in [-0.25, -0.2) is 0 Å². The second kappa shape index (κ2) is 20.4. The van der Waals surface area contributed by atoms with E-state index in [1.54, 1.807) is 0 Å². The van der Waals surface area contributed by atoms with Crippen molar-refractivity contribution in [1.29, 1.82) is 0 Å². The van der Waals surface area contributed by atoms with Crippen LogP contribution in [-0.2, 0) is 33.6 Å². The van der Waals surface area contributed by atoms with E-state index in [4.69, 9.17) is 16.6 Å². The third-order valence-corrected chi connectivity index (χ3v) is 7.82. The zero-order valence-corrected chi connectivity index (χ0v) is 28.3. The summed E-state index contributed by atoms with van der Waals surface area (Å²) in [5.74, 6) is -5.39. The molecule has 5 amide bonds. The highest BCUT2D eigenvalue weighted by atomic mass is 16.4. The number of carbonyl (C=O) groups excluding carboxylic acids is 5. The van der Waals surface area contributed by atoms with E-state index in [0.717, 1.165) is 0 Å². The minimum absolute atomic E-state index is 0.0133. The molecule has 1 rings (SSSR count). The molecular weight excluding hydrogens is 614 g/mol. The van der Waals surface area contributed by atoms with Gasteiger partial charge in [-0.1, -0.05) is 27.7 Å². The Morgan fingerprint density at radius 1 is 0.766 bits per heavy atom. The van der Waals surface area contributed by atoms with Crippen LogP contribution in [0.1, 0.15) is 92.4 Å². The standard InChI is InChI=1S/C31H55N7O9/c1-17(2)15-22(27(42)34-19(5)31(46)47)37-29(44)24-10-8-14-38(24)30(45)21(9-6-7-13-32)35-28(43)23(16-18(3)4)36-26(41)20(33)11-12-25(39)40/h17-24H,6-16,32-33H2,1-5H3,(H,34,42)(H,35,43)(H,36,41)(H,37,44)(H,39,40)(H,46,47)/t19-,20-,21-,22-,23-,24-/m0/s1. The van der Waals surface area contributed by atoms with Crippen molar-refractivity contribution < 1.29 is 43.8 Å². The summed E-state index contributed by atoms with van der Waals surface area (Å²) in [5, 5.41) is 28.5. The number of rotatable bonds is 21. The summed E-state index contributed by atoms with van der Waals surface area (Å²) in [6.07, 6.45) is 2.15. The summed E-state index contributed by atoms with van der Waals surface area (Å²) in [7, 11) is 0. The molecule has 1 fully saturated rings. The van der Waals surface area contributed by atoms with Crippen LogP contribution in [0.25, 0.3) is 0 Å². The number of hydrogen-bond donors (Lipinski definition) is 8. The summed E-state index contributed by atoms with van der Waals surface area (Å²) < 4.78 is 0. The number of likely N-dealkylation sites (tertiary alicyclic amines) is 1. The van der Waals surface area contributed by atoms with E-state index in [9.17, 15) is 38.7 Å². The quantitative estimate of drug-likeness (QED) is 0.0718. The summed E-state index contributed by atoms with van der Waals surface area (Å²) in [6.45, 7) is 9.32. The predicted molar refractivity (Wildman–Crippen MR) is 172 cm³/mol. The molecule has 6 atom stereocenters. The van der Waals surface area contributed by atoms with Gasteiger partial charge in [-0.3, -0.25) is 33.6 Å². The van der Waals surface area contributed by atoms with E-state index in [1.807, 2.05) is 27.7 Å². The number of nitrogens with one attached hydrogen (secondary N) is 4. The lowest BCUT2D eigenvalue weighted by Gasteiger charge is -2.31. The largest absolute Gasteiger partial charge is 0.481 e. The molecule has 0 radical (unpaired) electrons. The highest BCUT2D eigenvalue weighted by molar-refractivity contribution is 5.96. The predicted octanol–water partition coefficient (Wildman–Crippen LogP) is -0.566. The van der Waals surface area contributed by atoms with Gasteiger partial charge in [-0.15, -0.1) is 0 Å². The Morgan fingerprint density at radius 2 is 1.32 bits per heavy atom. The van der Waals surface area contributed by atoms with Crippen LogP contribution in [0, 0.1) is 11.8 Å². The Morgan fingerprint density at radius 3 is 1.85 bits per heavy atom. The van der Waals surface area contributed by atoms with Gasteiger partial charge in [-0.2, -0.15) is 0 Å². The van der Waals surface area contributed by atoms with E-state index in [2.05, 4.69) is 21.3 Å². The Hall–Kier alpha value is -3.79. The van der Waals surface area contributed by atoms with Gasteiger partial charge in [0.1, 0.15) is 30.2 Å². The maximum absolute atomic E-state index is 13.9. The van der Waals surface area contributed by atoms with E-state index >= 15 is 0 Å². The summed E-state index contributed by atoms with van der Waals surface area (Å²) >= 11 is 0. The van der Waals surface area contributed by atoms with E-state index < -0.39 is 77.7 Å². The fraction of sp³-hybridized carbons (Fsp3) is 0.774. The zero-order valence-electron chi connectivity index (χ0n) is 28.3. The number of carboxylic acid groups (broad SMARTS) is 2. The van der Waals surface area contributed by atoms with Gasteiger partial charge in [0.05, 0.1) is 6.04 Å². The van der Waals surface area contributed by atoms with Gasteiger partial charge in [0.15, 0.2) is 0 Å². The van der Waals surface area contributed by atoms with Gasteiger partial charge in [0.2, 0.25) is 29.5 Å². The molecule has 0 aromatic carbocycles. The van der Waals surface area contributed by atoms with Crippen molar-refractivity contribution in [2.24, 2.45) is 23.3 Å². The van der Waals surface area contributed by atoms with Crippen LogP contribution in [0.15, 0.2) is 0 Å². The lowest BCUT2D eigenvalue weighted by molar-refractivity contribution is -0.143. The van der Waals surface area contributed by atoms with Crippen LogP contribution in [0.2, 0.25) is 0 Å². The van der Waals surface area contributed by atoms with Gasteiger partial charge >= 0.3 is 11.9 Å². The number of aliphatic carboxylic acids is 2. The molecule has 1 saturated heterocycles. The van der Waals surface area contributed by atoms with Crippen molar-refractivity contribution >= 4 is 41.5 Å². The number of carboxylic acids is 2. The van der Waals surface area contributed by atoms with Crippen molar-refractivity contribution in [3.63, 3.8) is 0 Å². The molecule has 1 heterocycles. The number of nitrogens with zero attached hydrogens (tertiary/aromatic N) is 1. The highest BCUT2D eigenvalue weighted by Gasteiger charge is 2.39. The lowest BCUT2D eigenvalue weighted by atomic mass is 10.0. The minimum Gasteiger partial charge on any atom is -0.481 e. The van der Waals surface area contributed by atoms with Gasteiger partial charge in [-0.05, 0) is 76.7 Å². The fourth-order valence-electron chi connectivity index (χ4n) is 5.26. The maximum Gasteiger partial charge on any atom is 0.325 e. The monoisotopic (exact) mass is 669 g/mol. The molecular formula is C31H55N7O9. The van der Waals surface area contributed by atoms with Crippen molar-refractivity contribution in [2.75, 3.05) is 13.1 Å². The number of nitrogens with two attached hydrogens (primary N) is 2. The van der Waals surface area contributed by atoms with Crippen LogP contribution in [0.4, 0.5) is 0 Å². The average Bonchev–Trinajstić information content (AvgIpc) is 3.48. The molecule has 16 heteroatoms. The Labute approximate surface area is 276 Å². The molecule has 47 heavy (non-hydrogen) atoms. The van der Waals surface area contributed by atoms with Gasteiger partial charge in [0, 0.05) is 13.0 Å². The average molecular weight is 670 g/mol. The molecule has 10 N–H and O–H groups in total. The van der Waals surface area contributed by atoms with Crippen LogP contribution < -0.4 is 32.7 Å². The second-order valence-corrected chi connectivity index (χ2v) is 13.0. The highest BCUT2D eigenvalue weighted by Crippen LogP contribution is 2.21. The van der Waals surface area contributed by atoms with E-state index in [1.165, 1.54) is 11.8 Å². The summed E-state index contributed by atoms with van der Waals surface area (Å²) in [4.78, 5) is 90.0. The molecule has 1 aliphatic heterocycles. The Bertz CT molecular complexity index is 1100. The van der Waals surface area contributed by atoms with Crippen molar-refractivity contribution in [3.05, 3.63) is 0 Å². The van der Waals surface area contributed by atoms with Crippen molar-refractivity contribution in [1.82, 2.24) is 26.2 Å². The van der Waals surface area contributed by atoms with Crippen LogP contribution in [-0.4, -0.2) is 106 Å². The molecule has 0 aromatic heterocycles. The summed E-state index contributed by atoms with van der Waals surface area (Å²) in [5.41, 5.74) is 11.5. The SMILES string of the molecule is CC(C)C[C@H](NC(=O)[C@@H](N)CCC(=O)O)C(=O)N[C@@H](CCCCN)C(=O)N1CCC[C@H]1C(=O)N[C@@H](CC(C)C)C(=O)N[C@@H](C)C(=O)O. The molecule has 1 aliphatic rings. The lowest BCUT2D eigenvalue weighted by Crippen LogP contribution is -2.59. The first-order valence-electron chi connectivity index (χ1n) is 16.4. The topological polar surface area (TPSA) is 263 Å². The number of hydrogen-bond acceptors (Lipinski definition) is 9. The molecule has 0 saturated carbocycles. The van der Waals surface area contributed by atoms with E-state index in [-0.39, 0.29) is 50.5 Å². The van der Waals surface area contributed by atoms with Crippen LogP contribution in [0.5, 0.6) is 0 Å². The fourth-order valence-corrected chi connectivity index (χ4v) is 5.26. The smallest absolute Gasteiger partial charge is 0.325 e. The first kappa shape index (κ1) is 41.2. The molecule has 0 aromatic rings. The van der Waals surface area contributed by atoms with Crippen LogP contribution >= 0.6 is 0 Å². The maximum atomic E-state index is 13.9. The minimum atomic E-state index is -1.22. The molecule has 0 aliphatic carbocycles. The first-order chi connectivity index (χ1) is 22.0. The number of unbranched alkanes of at least 4 members (excludes halogenated alkanes) is 1. The number of amides is 5. The molecule has 0 unspecified atom stereocenters. The van der Waals surface area contributed by atoms with Gasteiger partial charge < -0.3 is 47.8 Å². The molecule has 16 nitrogen and oxygen atoms in total. The van der Waals surface area contributed by atoms with E-state index in [0.29, 0.717) is 32.2 Å². The van der Waals surface area contributed by atoms with Crippen LogP contribution in [0.3, 0.4) is 0 Å². The van der Waals surface area contributed by atoms with Crippen molar-refractivity contribution in [3.8, 4) is 0 Å². The Balaban J connectivity index is 3.16. The zero-order chi connectivity index (χ0) is 35.8. The van der Waals surface area contributed by atoms with Crippen molar-refractivity contribution in [2.45, 2.75) is 129 Å². The molecule has 0 bridgehead atoms. The Kier molecular flexibility index (Phi) is 17.9.